The summed E-state index contributed by atoms with van der Waals surface area (Å²) in [6.45, 7) is 2.89. The number of hydrogen-bond donors (Lipinski definition) is 0. The van der Waals surface area contributed by atoms with Gasteiger partial charge in [-0.15, -0.1) is 5.10 Å². The molecule has 1 atom stereocenters. The van der Waals surface area contributed by atoms with Crippen molar-refractivity contribution in [1.29, 1.82) is 0 Å². The summed E-state index contributed by atoms with van der Waals surface area (Å²) in [4.78, 5) is 9.31. The van der Waals surface area contributed by atoms with Crippen LogP contribution < -0.4 is 0 Å². The highest BCUT2D eigenvalue weighted by Gasteiger charge is 2.19. The molecule has 0 aliphatic rings. The summed E-state index contributed by atoms with van der Waals surface area (Å²) in [5.41, 5.74) is 1.29. The second-order valence-corrected chi connectivity index (χ2v) is 6.60. The molecule has 0 saturated heterocycles. The lowest BCUT2D eigenvalue weighted by Gasteiger charge is -2.12. The minimum absolute atomic E-state index is 0.157. The van der Waals surface area contributed by atoms with Crippen LogP contribution in [0.2, 0.25) is 0 Å². The van der Waals surface area contributed by atoms with E-state index in [1.165, 1.54) is 5.56 Å². The van der Waals surface area contributed by atoms with Crippen LogP contribution in [-0.4, -0.2) is 29.5 Å². The van der Waals surface area contributed by atoms with Crippen LogP contribution in [0.25, 0.3) is 5.82 Å². The van der Waals surface area contributed by atoms with E-state index >= 15 is 0 Å². The van der Waals surface area contributed by atoms with Crippen molar-refractivity contribution in [3.05, 3.63) is 90.4 Å². The van der Waals surface area contributed by atoms with Crippen LogP contribution >= 0.6 is 0 Å². The largest absolute Gasteiger partial charge is 0.272 e. The smallest absolute Gasteiger partial charge is 0.155 e. The summed E-state index contributed by atoms with van der Waals surface area (Å²) < 4.78 is 3.79. The zero-order valence-corrected chi connectivity index (χ0v) is 15.3. The maximum Gasteiger partial charge on any atom is 0.155 e. The Morgan fingerprint density at radius 3 is 2.52 bits per heavy atom. The molecule has 0 radical (unpaired) electrons. The van der Waals surface area contributed by atoms with E-state index in [1.54, 1.807) is 12.4 Å². The molecular formula is C21H22N6. The Balaban J connectivity index is 1.60. The molecule has 0 amide bonds. The van der Waals surface area contributed by atoms with Gasteiger partial charge in [-0.2, -0.15) is 9.78 Å². The number of pyridine rings is 1. The molecule has 0 aliphatic heterocycles. The SMILES string of the molecule is C[C@@H](Cn1cccn1)c1nc(CCc2ccccc2)nn1-c1ccccn1. The summed E-state index contributed by atoms with van der Waals surface area (Å²) in [7, 11) is 0. The zero-order chi connectivity index (χ0) is 18.5. The van der Waals surface area contributed by atoms with E-state index < -0.39 is 0 Å². The molecule has 4 aromatic rings. The number of hydrogen-bond acceptors (Lipinski definition) is 4. The van der Waals surface area contributed by atoms with Crippen LogP contribution in [0.15, 0.2) is 73.2 Å². The molecule has 0 unspecified atom stereocenters. The number of nitrogens with zero attached hydrogens (tertiary/aromatic N) is 6. The van der Waals surface area contributed by atoms with Gasteiger partial charge in [0.1, 0.15) is 5.82 Å². The minimum atomic E-state index is 0.157. The monoisotopic (exact) mass is 358 g/mol. The Labute approximate surface area is 158 Å². The number of aryl methyl sites for hydroxylation is 2. The molecule has 6 nitrogen and oxygen atoms in total. The van der Waals surface area contributed by atoms with Crippen molar-refractivity contribution in [2.45, 2.75) is 32.2 Å². The van der Waals surface area contributed by atoms with Crippen LogP contribution in [0, 0.1) is 0 Å². The molecule has 1 aromatic carbocycles. The third kappa shape index (κ3) is 4.11. The first-order valence-electron chi connectivity index (χ1n) is 9.18. The van der Waals surface area contributed by atoms with E-state index in [0.717, 1.165) is 36.9 Å². The van der Waals surface area contributed by atoms with Crippen molar-refractivity contribution in [2.75, 3.05) is 0 Å². The fourth-order valence-electron chi connectivity index (χ4n) is 3.11. The van der Waals surface area contributed by atoms with Crippen molar-refractivity contribution in [3.8, 4) is 5.82 Å². The summed E-state index contributed by atoms with van der Waals surface area (Å²) >= 11 is 0. The maximum absolute atomic E-state index is 4.85. The van der Waals surface area contributed by atoms with Gasteiger partial charge in [-0.05, 0) is 30.2 Å². The Morgan fingerprint density at radius 1 is 0.926 bits per heavy atom. The van der Waals surface area contributed by atoms with Gasteiger partial charge >= 0.3 is 0 Å². The zero-order valence-electron chi connectivity index (χ0n) is 15.3. The third-order valence-electron chi connectivity index (χ3n) is 4.48. The minimum Gasteiger partial charge on any atom is -0.272 e. The average Bonchev–Trinajstić information content (AvgIpc) is 3.38. The van der Waals surface area contributed by atoms with Gasteiger partial charge in [-0.25, -0.2) is 9.97 Å². The standard InChI is InChI=1S/C21H22N6/c1-17(16-26-15-7-14-23-26)21-24-19(12-11-18-8-3-2-4-9-18)25-27(21)20-10-5-6-13-22-20/h2-10,13-15,17H,11-12,16H2,1H3/t17-/m0/s1. The average molecular weight is 358 g/mol. The van der Waals surface area contributed by atoms with Gasteiger partial charge < -0.3 is 0 Å². The van der Waals surface area contributed by atoms with Crippen molar-refractivity contribution in [1.82, 2.24) is 29.5 Å². The fourth-order valence-corrected chi connectivity index (χ4v) is 3.11. The molecule has 136 valence electrons. The highest BCUT2D eigenvalue weighted by molar-refractivity contribution is 5.23. The van der Waals surface area contributed by atoms with Crippen molar-refractivity contribution >= 4 is 0 Å². The van der Waals surface area contributed by atoms with E-state index in [0.29, 0.717) is 0 Å². The Bertz CT molecular complexity index is 961. The summed E-state index contributed by atoms with van der Waals surface area (Å²) in [6.07, 6.45) is 7.25. The van der Waals surface area contributed by atoms with Gasteiger partial charge in [0.2, 0.25) is 0 Å². The van der Waals surface area contributed by atoms with Crippen LogP contribution in [0.3, 0.4) is 0 Å². The second kappa shape index (κ2) is 7.95. The molecule has 6 heteroatoms. The molecule has 0 saturated carbocycles. The highest BCUT2D eigenvalue weighted by atomic mass is 15.4. The Kier molecular flexibility index (Phi) is 5.05. The number of aromatic nitrogens is 6. The lowest BCUT2D eigenvalue weighted by molar-refractivity contribution is 0.514. The molecule has 0 bridgehead atoms. The Hall–Kier alpha value is -3.28. The Morgan fingerprint density at radius 2 is 1.78 bits per heavy atom. The molecule has 3 heterocycles. The van der Waals surface area contributed by atoms with Crippen LogP contribution in [0.4, 0.5) is 0 Å². The third-order valence-corrected chi connectivity index (χ3v) is 4.48. The molecule has 0 aliphatic carbocycles. The quantitative estimate of drug-likeness (QED) is 0.508. The van der Waals surface area contributed by atoms with Gasteiger partial charge in [-0.1, -0.05) is 43.3 Å². The topological polar surface area (TPSA) is 61.4 Å². The van der Waals surface area contributed by atoms with Crippen molar-refractivity contribution < 1.29 is 0 Å². The molecular weight excluding hydrogens is 336 g/mol. The number of benzene rings is 1. The normalized spacial score (nSPS) is 12.2. The first-order chi connectivity index (χ1) is 13.3. The lowest BCUT2D eigenvalue weighted by atomic mass is 10.1. The molecule has 0 N–H and O–H groups in total. The lowest BCUT2D eigenvalue weighted by Crippen LogP contribution is -2.13. The number of rotatable bonds is 7. The van der Waals surface area contributed by atoms with Gasteiger partial charge in [-0.3, -0.25) is 4.68 Å². The highest BCUT2D eigenvalue weighted by Crippen LogP contribution is 2.19. The summed E-state index contributed by atoms with van der Waals surface area (Å²) in [6, 6.07) is 18.2. The van der Waals surface area contributed by atoms with E-state index in [4.69, 9.17) is 10.1 Å². The first kappa shape index (κ1) is 17.1. The van der Waals surface area contributed by atoms with Gasteiger partial charge in [0, 0.05) is 30.9 Å². The van der Waals surface area contributed by atoms with Gasteiger partial charge in [0.05, 0.1) is 6.54 Å². The van der Waals surface area contributed by atoms with Crippen LogP contribution in [-0.2, 0) is 19.4 Å². The van der Waals surface area contributed by atoms with Crippen LogP contribution in [0.1, 0.15) is 30.1 Å². The van der Waals surface area contributed by atoms with E-state index in [-0.39, 0.29) is 5.92 Å². The van der Waals surface area contributed by atoms with E-state index in [1.807, 2.05) is 45.9 Å². The van der Waals surface area contributed by atoms with Crippen LogP contribution in [0.5, 0.6) is 0 Å². The second-order valence-electron chi connectivity index (χ2n) is 6.60. The molecule has 4 rings (SSSR count). The summed E-state index contributed by atoms with van der Waals surface area (Å²) in [5, 5.41) is 9.07. The van der Waals surface area contributed by atoms with Gasteiger partial charge in [0.15, 0.2) is 11.6 Å². The molecule has 3 aromatic heterocycles. The summed E-state index contributed by atoms with van der Waals surface area (Å²) in [5.74, 6) is 2.70. The molecule has 27 heavy (non-hydrogen) atoms. The van der Waals surface area contributed by atoms with Crippen molar-refractivity contribution in [2.24, 2.45) is 0 Å². The fraction of sp³-hybridized carbons (Fsp3) is 0.238. The van der Waals surface area contributed by atoms with E-state index in [9.17, 15) is 0 Å². The predicted molar refractivity (Wildman–Crippen MR) is 104 cm³/mol. The predicted octanol–water partition coefficient (Wildman–Crippen LogP) is 3.45. The van der Waals surface area contributed by atoms with Gasteiger partial charge in [0.25, 0.3) is 0 Å². The molecule has 0 spiro atoms. The van der Waals surface area contributed by atoms with E-state index in [2.05, 4.69) is 41.3 Å². The molecule has 0 fully saturated rings. The first-order valence-corrected chi connectivity index (χ1v) is 9.18. The van der Waals surface area contributed by atoms with Crippen molar-refractivity contribution in [3.63, 3.8) is 0 Å². The maximum atomic E-state index is 4.85.